The van der Waals surface area contributed by atoms with Gasteiger partial charge in [-0.2, -0.15) is 5.26 Å². The van der Waals surface area contributed by atoms with E-state index in [1.54, 1.807) is 48.5 Å². The van der Waals surface area contributed by atoms with Crippen LogP contribution in [0.3, 0.4) is 0 Å². The average molecular weight is 300 g/mol. The lowest BCUT2D eigenvalue weighted by Crippen LogP contribution is -2.11. The van der Waals surface area contributed by atoms with Gasteiger partial charge in [0.25, 0.3) is 0 Å². The van der Waals surface area contributed by atoms with Crippen LogP contribution in [0.1, 0.15) is 28.8 Å². The van der Waals surface area contributed by atoms with Gasteiger partial charge in [0, 0.05) is 10.6 Å². The number of carbonyl (C=O) groups is 1. The topological polar surface area (TPSA) is 50.1 Å². The van der Waals surface area contributed by atoms with Crippen LogP contribution in [-0.4, -0.2) is 12.4 Å². The minimum absolute atomic E-state index is 0.238. The summed E-state index contributed by atoms with van der Waals surface area (Å²) in [7, 11) is 0. The number of Topliss-reactive ketones (excluding diaryl/α,β-unsaturated/α-hetero) is 1. The van der Waals surface area contributed by atoms with Crippen molar-refractivity contribution in [3.8, 4) is 11.8 Å². The molecule has 106 valence electrons. The molecule has 21 heavy (non-hydrogen) atoms. The Kier molecular flexibility index (Phi) is 4.97. The first-order valence-electron chi connectivity index (χ1n) is 6.58. The minimum atomic E-state index is -0.832. The SMILES string of the molecule is CCOc1ccc(C(C#N)C(=O)c2ccc(Cl)cc2)cc1. The molecule has 0 N–H and O–H groups in total. The van der Waals surface area contributed by atoms with Crippen LogP contribution in [0.5, 0.6) is 5.75 Å². The van der Waals surface area contributed by atoms with E-state index in [0.717, 1.165) is 5.75 Å². The molecule has 0 saturated carbocycles. The second kappa shape index (κ2) is 6.92. The maximum Gasteiger partial charge on any atom is 0.184 e. The third-order valence-electron chi connectivity index (χ3n) is 3.04. The van der Waals surface area contributed by atoms with Gasteiger partial charge in [-0.15, -0.1) is 0 Å². The summed E-state index contributed by atoms with van der Waals surface area (Å²) < 4.78 is 5.35. The number of carbonyl (C=O) groups excluding carboxylic acids is 1. The zero-order valence-electron chi connectivity index (χ0n) is 11.5. The van der Waals surface area contributed by atoms with Gasteiger partial charge < -0.3 is 4.74 Å². The number of hydrogen-bond acceptors (Lipinski definition) is 3. The second-order valence-electron chi connectivity index (χ2n) is 4.44. The fraction of sp³-hybridized carbons (Fsp3) is 0.176. The summed E-state index contributed by atoms with van der Waals surface area (Å²) in [5, 5.41) is 9.87. The van der Waals surface area contributed by atoms with Gasteiger partial charge in [-0.05, 0) is 48.9 Å². The van der Waals surface area contributed by atoms with E-state index in [0.29, 0.717) is 22.8 Å². The standard InChI is InChI=1S/C17H14ClNO2/c1-2-21-15-9-5-12(6-10-15)16(11-19)17(20)13-3-7-14(18)8-4-13/h3-10,16H,2H2,1H3. The number of hydrogen-bond donors (Lipinski definition) is 0. The van der Waals surface area contributed by atoms with Crippen LogP contribution in [0, 0.1) is 11.3 Å². The quantitative estimate of drug-likeness (QED) is 0.776. The zero-order valence-corrected chi connectivity index (χ0v) is 12.3. The Bertz CT molecular complexity index is 657. The van der Waals surface area contributed by atoms with Crippen LogP contribution in [-0.2, 0) is 0 Å². The minimum Gasteiger partial charge on any atom is -0.494 e. The molecule has 0 aliphatic rings. The monoisotopic (exact) mass is 299 g/mol. The maximum atomic E-state index is 12.4. The largest absolute Gasteiger partial charge is 0.494 e. The van der Waals surface area contributed by atoms with Crippen molar-refractivity contribution in [2.45, 2.75) is 12.8 Å². The number of ether oxygens (including phenoxy) is 1. The van der Waals surface area contributed by atoms with E-state index >= 15 is 0 Å². The Balaban J connectivity index is 2.24. The van der Waals surface area contributed by atoms with Crippen molar-refractivity contribution in [1.29, 1.82) is 5.26 Å². The Morgan fingerprint density at radius 3 is 2.33 bits per heavy atom. The number of halogens is 1. The lowest BCUT2D eigenvalue weighted by atomic mass is 9.92. The van der Waals surface area contributed by atoms with E-state index < -0.39 is 5.92 Å². The van der Waals surface area contributed by atoms with Crippen LogP contribution in [0.25, 0.3) is 0 Å². The Morgan fingerprint density at radius 1 is 1.19 bits per heavy atom. The smallest absolute Gasteiger partial charge is 0.184 e. The third-order valence-corrected chi connectivity index (χ3v) is 3.30. The third kappa shape index (κ3) is 3.62. The normalized spacial score (nSPS) is 11.5. The van der Waals surface area contributed by atoms with Crippen molar-refractivity contribution < 1.29 is 9.53 Å². The van der Waals surface area contributed by atoms with Crippen molar-refractivity contribution in [3.63, 3.8) is 0 Å². The van der Waals surface area contributed by atoms with Crippen molar-refractivity contribution >= 4 is 17.4 Å². The first kappa shape index (κ1) is 15.1. The molecule has 0 saturated heterocycles. The van der Waals surface area contributed by atoms with Crippen LogP contribution in [0.4, 0.5) is 0 Å². The van der Waals surface area contributed by atoms with E-state index in [2.05, 4.69) is 6.07 Å². The molecule has 0 spiro atoms. The Hall–Kier alpha value is -2.31. The molecule has 2 aromatic rings. The van der Waals surface area contributed by atoms with E-state index in [9.17, 15) is 10.1 Å². The van der Waals surface area contributed by atoms with Gasteiger partial charge >= 0.3 is 0 Å². The molecular formula is C17H14ClNO2. The van der Waals surface area contributed by atoms with Crippen molar-refractivity contribution in [2.24, 2.45) is 0 Å². The molecule has 0 aliphatic carbocycles. The molecule has 0 aliphatic heterocycles. The molecule has 0 aromatic heterocycles. The first-order chi connectivity index (χ1) is 10.2. The lowest BCUT2D eigenvalue weighted by molar-refractivity contribution is 0.0979. The van der Waals surface area contributed by atoms with Crippen molar-refractivity contribution in [1.82, 2.24) is 0 Å². The van der Waals surface area contributed by atoms with Gasteiger partial charge in [0.05, 0.1) is 12.7 Å². The second-order valence-corrected chi connectivity index (χ2v) is 4.87. The maximum absolute atomic E-state index is 12.4. The van der Waals surface area contributed by atoms with E-state index in [1.807, 2.05) is 6.92 Å². The van der Waals surface area contributed by atoms with Crippen molar-refractivity contribution in [2.75, 3.05) is 6.61 Å². The zero-order chi connectivity index (χ0) is 15.2. The highest BCUT2D eigenvalue weighted by Crippen LogP contribution is 2.23. The molecule has 3 nitrogen and oxygen atoms in total. The molecule has 0 amide bonds. The molecule has 0 bridgehead atoms. The predicted octanol–water partition coefficient (Wildman–Crippen LogP) is 4.23. The molecule has 0 fully saturated rings. The van der Waals surface area contributed by atoms with Crippen LogP contribution >= 0.6 is 11.6 Å². The number of ketones is 1. The highest BCUT2D eigenvalue weighted by atomic mass is 35.5. The van der Waals surface area contributed by atoms with E-state index in [4.69, 9.17) is 16.3 Å². The summed E-state index contributed by atoms with van der Waals surface area (Å²) in [6, 6.07) is 15.6. The molecule has 2 aromatic carbocycles. The Morgan fingerprint density at radius 2 is 1.81 bits per heavy atom. The first-order valence-corrected chi connectivity index (χ1v) is 6.95. The fourth-order valence-corrected chi connectivity index (χ4v) is 2.11. The summed E-state index contributed by atoms with van der Waals surface area (Å²) in [6.07, 6.45) is 0. The van der Waals surface area contributed by atoms with Crippen molar-refractivity contribution in [3.05, 3.63) is 64.7 Å². The number of nitrogens with zero attached hydrogens (tertiary/aromatic N) is 1. The highest BCUT2D eigenvalue weighted by Gasteiger charge is 2.21. The van der Waals surface area contributed by atoms with Crippen LogP contribution < -0.4 is 4.74 Å². The highest BCUT2D eigenvalue weighted by molar-refractivity contribution is 6.30. The molecule has 0 heterocycles. The van der Waals surface area contributed by atoms with Crippen LogP contribution in [0.2, 0.25) is 5.02 Å². The summed E-state index contributed by atoms with van der Waals surface area (Å²) in [4.78, 5) is 12.4. The van der Waals surface area contributed by atoms with Gasteiger partial charge in [0.2, 0.25) is 0 Å². The molecule has 1 atom stereocenters. The van der Waals surface area contributed by atoms with Gasteiger partial charge in [0.15, 0.2) is 5.78 Å². The fourth-order valence-electron chi connectivity index (χ4n) is 1.99. The van der Waals surface area contributed by atoms with E-state index in [-0.39, 0.29) is 5.78 Å². The van der Waals surface area contributed by atoms with Crippen LogP contribution in [0.15, 0.2) is 48.5 Å². The molecular weight excluding hydrogens is 286 g/mol. The predicted molar refractivity (Wildman–Crippen MR) is 81.7 cm³/mol. The molecule has 1 unspecified atom stereocenters. The Labute approximate surface area is 128 Å². The summed E-state index contributed by atoms with van der Waals surface area (Å²) in [5.41, 5.74) is 1.13. The molecule has 0 radical (unpaired) electrons. The molecule has 4 heteroatoms. The number of benzene rings is 2. The number of nitriles is 1. The summed E-state index contributed by atoms with van der Waals surface area (Å²) >= 11 is 5.80. The van der Waals surface area contributed by atoms with Gasteiger partial charge in [-0.1, -0.05) is 23.7 Å². The average Bonchev–Trinajstić information content (AvgIpc) is 2.50. The van der Waals surface area contributed by atoms with Gasteiger partial charge in [-0.3, -0.25) is 4.79 Å². The number of rotatable bonds is 5. The summed E-state index contributed by atoms with van der Waals surface area (Å²) in [5.74, 6) is -0.350. The molecule has 2 rings (SSSR count). The lowest BCUT2D eigenvalue weighted by Gasteiger charge is -2.10. The van der Waals surface area contributed by atoms with Gasteiger partial charge in [-0.25, -0.2) is 0 Å². The van der Waals surface area contributed by atoms with E-state index in [1.165, 1.54) is 0 Å². The summed E-state index contributed by atoms with van der Waals surface area (Å²) in [6.45, 7) is 2.47. The van der Waals surface area contributed by atoms with Gasteiger partial charge in [0.1, 0.15) is 11.7 Å².